The van der Waals surface area contributed by atoms with Crippen LogP contribution in [-0.2, 0) is 24.1 Å². The number of ether oxygens (including phenoxy) is 1. The Kier molecular flexibility index (Phi) is 8.85. The average molecular weight is 297 g/mol. The predicted octanol–water partition coefficient (Wildman–Crippen LogP) is 1.76. The van der Waals surface area contributed by atoms with Gasteiger partial charge in [-0.25, -0.2) is 13.2 Å². The topological polar surface area (TPSA) is 129 Å². The molecule has 0 saturated carbocycles. The summed E-state index contributed by atoms with van der Waals surface area (Å²) in [4.78, 5) is 10.8. The first kappa shape index (κ1) is 20.4. The van der Waals surface area contributed by atoms with Crippen LogP contribution in [0.4, 0.5) is 0 Å². The van der Waals surface area contributed by atoms with Gasteiger partial charge in [0.05, 0.1) is 12.2 Å². The van der Waals surface area contributed by atoms with Crippen LogP contribution in [0.15, 0.2) is 12.7 Å². The maximum atomic E-state index is 10.8. The van der Waals surface area contributed by atoms with Gasteiger partial charge in [-0.2, -0.15) is 0 Å². The number of quaternary nitrogens is 1. The third-order valence-corrected chi connectivity index (χ3v) is 3.33. The summed E-state index contributed by atoms with van der Waals surface area (Å²) in [5.74, 6) is -0.677. The molecule has 0 bridgehead atoms. The van der Waals surface area contributed by atoms with Crippen molar-refractivity contribution in [2.24, 2.45) is 5.92 Å². The lowest BCUT2D eigenvalue weighted by molar-refractivity contribution is -0.137. The zero-order chi connectivity index (χ0) is 14.4. The van der Waals surface area contributed by atoms with Gasteiger partial charge in [0.2, 0.25) is 10.4 Å². The Bertz CT molecular complexity index is 390. The van der Waals surface area contributed by atoms with E-state index in [9.17, 15) is 17.8 Å². The van der Waals surface area contributed by atoms with E-state index in [1.165, 1.54) is 13.8 Å². The number of hydrogen-bond donors (Lipinski definition) is 1. The monoisotopic (exact) mass is 297 g/mol. The Morgan fingerprint density at radius 3 is 2.42 bits per heavy atom. The lowest BCUT2D eigenvalue weighted by atomic mass is 9.89. The minimum absolute atomic E-state index is 0. The van der Waals surface area contributed by atoms with Gasteiger partial charge >= 0.3 is 5.97 Å². The van der Waals surface area contributed by atoms with Gasteiger partial charge in [-0.1, -0.05) is 13.5 Å². The van der Waals surface area contributed by atoms with Crippen molar-refractivity contribution < 1.29 is 26.7 Å². The fourth-order valence-corrected chi connectivity index (χ4v) is 2.00. The third kappa shape index (κ3) is 9.60. The van der Waals surface area contributed by atoms with Crippen molar-refractivity contribution >= 4 is 16.4 Å². The summed E-state index contributed by atoms with van der Waals surface area (Å²) in [7, 11) is -4.72. The molecular weight excluding hydrogens is 274 g/mol. The molecule has 0 fully saturated rings. The molecule has 114 valence electrons. The van der Waals surface area contributed by atoms with E-state index in [1.807, 2.05) is 0 Å². The maximum absolute atomic E-state index is 10.8. The quantitative estimate of drug-likeness (QED) is 0.239. The molecule has 0 saturated heterocycles. The normalized spacial score (nSPS) is 13.3. The van der Waals surface area contributed by atoms with E-state index in [0.29, 0.717) is 12.8 Å². The first-order chi connectivity index (χ1) is 8.08. The summed E-state index contributed by atoms with van der Waals surface area (Å²) in [5.41, 5.74) is -1.08. The van der Waals surface area contributed by atoms with Crippen LogP contribution in [0, 0.1) is 5.92 Å². The van der Waals surface area contributed by atoms with Crippen LogP contribution in [0.2, 0.25) is 0 Å². The molecule has 0 aromatic rings. The molecule has 0 spiro atoms. The van der Waals surface area contributed by atoms with Gasteiger partial charge in [-0.15, -0.1) is 0 Å². The molecule has 1 atom stereocenters. The number of esters is 1. The molecule has 4 N–H and O–H groups in total. The van der Waals surface area contributed by atoms with Crippen LogP contribution < -0.4 is 6.15 Å². The highest BCUT2D eigenvalue weighted by atomic mass is 32.3. The molecule has 0 aliphatic carbocycles. The molecule has 0 aliphatic rings. The van der Waals surface area contributed by atoms with Crippen LogP contribution in [-0.4, -0.2) is 31.1 Å². The van der Waals surface area contributed by atoms with Gasteiger partial charge in [-0.3, -0.25) is 4.18 Å². The van der Waals surface area contributed by atoms with Gasteiger partial charge < -0.3 is 15.4 Å². The van der Waals surface area contributed by atoms with E-state index < -0.39 is 22.0 Å². The van der Waals surface area contributed by atoms with Crippen molar-refractivity contribution in [3.05, 3.63) is 12.7 Å². The van der Waals surface area contributed by atoms with Gasteiger partial charge in [0, 0.05) is 6.08 Å². The van der Waals surface area contributed by atoms with Crippen molar-refractivity contribution in [2.75, 3.05) is 6.61 Å². The van der Waals surface area contributed by atoms with Crippen LogP contribution in [0.5, 0.6) is 0 Å². The standard InChI is InChI=1S/C11H20O6S.H3N/c1-5-10(12)16-8-6-7-9(2)11(3,4)17-18(13,14)15;/h5,9H,1,6-8H2,2-4H3,(H,13,14,15);1H3. The number of carbonyl (C=O) groups is 1. The van der Waals surface area contributed by atoms with E-state index in [-0.39, 0.29) is 18.7 Å². The summed E-state index contributed by atoms with van der Waals surface area (Å²) < 4.78 is 40.9. The zero-order valence-corrected chi connectivity index (χ0v) is 12.7. The molecule has 0 radical (unpaired) electrons. The van der Waals surface area contributed by atoms with Crippen molar-refractivity contribution in [1.29, 1.82) is 0 Å². The Hall–Kier alpha value is -0.960. The van der Waals surface area contributed by atoms with Gasteiger partial charge in [0.1, 0.15) is 0 Å². The van der Waals surface area contributed by atoms with Crippen molar-refractivity contribution in [1.82, 2.24) is 6.15 Å². The summed E-state index contributed by atoms with van der Waals surface area (Å²) in [6, 6.07) is 0. The minimum atomic E-state index is -4.72. The Labute approximate surface area is 114 Å². The van der Waals surface area contributed by atoms with E-state index in [0.717, 1.165) is 6.08 Å². The summed E-state index contributed by atoms with van der Waals surface area (Å²) in [6.45, 7) is 8.30. The Morgan fingerprint density at radius 1 is 1.47 bits per heavy atom. The number of carbonyl (C=O) groups excluding carboxylic acids is 1. The Balaban J connectivity index is 0. The number of hydrogen-bond acceptors (Lipinski definition) is 6. The minimum Gasteiger partial charge on any atom is -0.726 e. The zero-order valence-electron chi connectivity index (χ0n) is 11.8. The highest BCUT2D eigenvalue weighted by molar-refractivity contribution is 7.80. The summed E-state index contributed by atoms with van der Waals surface area (Å²) in [6.07, 6.45) is 2.18. The first-order valence-corrected chi connectivity index (χ1v) is 6.87. The molecule has 0 aromatic carbocycles. The first-order valence-electron chi connectivity index (χ1n) is 5.54. The van der Waals surface area contributed by atoms with E-state index in [1.54, 1.807) is 6.92 Å². The highest BCUT2D eigenvalue weighted by Gasteiger charge is 2.29. The second-order valence-corrected chi connectivity index (χ2v) is 5.49. The molecular formula is C11H23NO6S. The van der Waals surface area contributed by atoms with Crippen LogP contribution in [0.1, 0.15) is 33.6 Å². The number of rotatable bonds is 8. The molecule has 1 unspecified atom stereocenters. The summed E-state index contributed by atoms with van der Waals surface area (Å²) >= 11 is 0. The summed E-state index contributed by atoms with van der Waals surface area (Å²) in [5, 5.41) is 0. The fraction of sp³-hybridized carbons (Fsp3) is 0.727. The highest BCUT2D eigenvalue weighted by Crippen LogP contribution is 2.26. The van der Waals surface area contributed by atoms with Crippen LogP contribution >= 0.6 is 0 Å². The molecule has 0 heterocycles. The van der Waals surface area contributed by atoms with Crippen LogP contribution in [0.25, 0.3) is 0 Å². The van der Waals surface area contributed by atoms with E-state index >= 15 is 0 Å². The smallest absolute Gasteiger partial charge is 0.330 e. The maximum Gasteiger partial charge on any atom is 0.330 e. The van der Waals surface area contributed by atoms with Gasteiger partial charge in [0.25, 0.3) is 0 Å². The SMILES string of the molecule is C=CC(=O)OCCCC(C)C(C)(C)OS(=O)(=O)[O-].[NH4+]. The average Bonchev–Trinajstić information content (AvgIpc) is 2.20. The fourth-order valence-electron chi connectivity index (χ4n) is 1.31. The van der Waals surface area contributed by atoms with Crippen molar-refractivity contribution in [3.8, 4) is 0 Å². The molecule has 0 aliphatic heterocycles. The third-order valence-electron chi connectivity index (χ3n) is 2.70. The second-order valence-electron chi connectivity index (χ2n) is 4.51. The van der Waals surface area contributed by atoms with Gasteiger partial charge in [0.15, 0.2) is 0 Å². The molecule has 0 amide bonds. The lowest BCUT2D eigenvalue weighted by Gasteiger charge is -2.32. The molecule has 8 heteroatoms. The van der Waals surface area contributed by atoms with Crippen molar-refractivity contribution in [3.63, 3.8) is 0 Å². The van der Waals surface area contributed by atoms with Crippen molar-refractivity contribution in [2.45, 2.75) is 39.2 Å². The molecule has 0 aromatic heterocycles. The van der Waals surface area contributed by atoms with Crippen LogP contribution in [0.3, 0.4) is 0 Å². The second kappa shape index (κ2) is 8.26. The Morgan fingerprint density at radius 2 is 2.00 bits per heavy atom. The lowest BCUT2D eigenvalue weighted by Crippen LogP contribution is -2.35. The predicted molar refractivity (Wildman–Crippen MR) is 70.4 cm³/mol. The molecule has 19 heavy (non-hydrogen) atoms. The molecule has 0 rings (SSSR count). The largest absolute Gasteiger partial charge is 0.726 e. The molecule has 7 nitrogen and oxygen atoms in total. The van der Waals surface area contributed by atoms with E-state index in [4.69, 9.17) is 4.74 Å². The van der Waals surface area contributed by atoms with E-state index in [2.05, 4.69) is 10.8 Å². The van der Waals surface area contributed by atoms with Gasteiger partial charge in [-0.05, 0) is 32.6 Å².